The number of carboxylic acid groups (broad SMARTS) is 1. The number of carbonyl (C=O) groups excluding carboxylic acids is 1. The van der Waals surface area contributed by atoms with Crippen LogP contribution in [-0.4, -0.2) is 29.6 Å². The molecule has 0 aliphatic rings. The highest BCUT2D eigenvalue weighted by Crippen LogP contribution is 2.13. The third kappa shape index (κ3) is 6.61. The van der Waals surface area contributed by atoms with Crippen molar-refractivity contribution in [2.45, 2.75) is 46.1 Å². The summed E-state index contributed by atoms with van der Waals surface area (Å²) in [5.41, 5.74) is 1.14. The van der Waals surface area contributed by atoms with E-state index in [1.807, 2.05) is 31.2 Å². The molecule has 0 radical (unpaired) electrons. The van der Waals surface area contributed by atoms with Crippen LogP contribution in [0.25, 0.3) is 0 Å². The highest BCUT2D eigenvalue weighted by Gasteiger charge is 2.22. The van der Waals surface area contributed by atoms with Crippen molar-refractivity contribution in [1.29, 1.82) is 0 Å². The first-order chi connectivity index (χ1) is 10.4. The zero-order valence-corrected chi connectivity index (χ0v) is 13.5. The molecule has 5 heteroatoms. The van der Waals surface area contributed by atoms with Crippen molar-refractivity contribution >= 4 is 11.9 Å². The van der Waals surface area contributed by atoms with E-state index in [-0.39, 0.29) is 11.8 Å². The molecule has 0 saturated heterocycles. The fraction of sp³-hybridized carbons (Fsp3) is 0.529. The van der Waals surface area contributed by atoms with Gasteiger partial charge in [0.1, 0.15) is 11.8 Å². The molecule has 1 aromatic rings. The van der Waals surface area contributed by atoms with Gasteiger partial charge in [-0.25, -0.2) is 4.79 Å². The molecule has 0 aromatic heterocycles. The number of hydrogen-bond acceptors (Lipinski definition) is 3. The Hall–Kier alpha value is -2.04. The van der Waals surface area contributed by atoms with Crippen molar-refractivity contribution in [3.05, 3.63) is 29.8 Å². The first kappa shape index (κ1) is 18.0. The van der Waals surface area contributed by atoms with E-state index in [9.17, 15) is 9.59 Å². The lowest BCUT2D eigenvalue weighted by Gasteiger charge is -2.17. The largest absolute Gasteiger partial charge is 0.494 e. The zero-order chi connectivity index (χ0) is 16.5. The van der Waals surface area contributed by atoms with Crippen LogP contribution >= 0.6 is 0 Å². The predicted octanol–water partition coefficient (Wildman–Crippen LogP) is 2.77. The number of rotatable bonds is 9. The molecule has 0 aliphatic heterocycles. The lowest BCUT2D eigenvalue weighted by molar-refractivity contribution is -0.143. The third-order valence-electron chi connectivity index (χ3n) is 3.31. The van der Waals surface area contributed by atoms with E-state index < -0.39 is 12.0 Å². The normalized spacial score (nSPS) is 12.0. The molecular weight excluding hydrogens is 282 g/mol. The van der Waals surface area contributed by atoms with Gasteiger partial charge in [-0.1, -0.05) is 26.0 Å². The Labute approximate surface area is 131 Å². The Morgan fingerprint density at radius 1 is 1.27 bits per heavy atom. The summed E-state index contributed by atoms with van der Waals surface area (Å²) < 4.78 is 5.60. The summed E-state index contributed by atoms with van der Waals surface area (Å²) in [6.07, 6.45) is 1.73. The van der Waals surface area contributed by atoms with Gasteiger partial charge in [0.15, 0.2) is 0 Å². The van der Waals surface area contributed by atoms with Gasteiger partial charge in [0.05, 0.1) is 6.61 Å². The Morgan fingerprint density at radius 2 is 2.00 bits per heavy atom. The highest BCUT2D eigenvalue weighted by atomic mass is 16.5. The number of benzene rings is 1. The topological polar surface area (TPSA) is 75.6 Å². The van der Waals surface area contributed by atoms with Crippen molar-refractivity contribution in [2.75, 3.05) is 6.61 Å². The van der Waals surface area contributed by atoms with Crippen LogP contribution in [0.2, 0.25) is 0 Å². The van der Waals surface area contributed by atoms with Gasteiger partial charge >= 0.3 is 5.97 Å². The fourth-order valence-corrected chi connectivity index (χ4v) is 2.04. The average molecular weight is 307 g/mol. The molecule has 5 nitrogen and oxygen atoms in total. The van der Waals surface area contributed by atoms with E-state index in [4.69, 9.17) is 9.84 Å². The summed E-state index contributed by atoms with van der Waals surface area (Å²) in [6, 6.07) is 6.99. The van der Waals surface area contributed by atoms with Gasteiger partial charge in [0.2, 0.25) is 5.91 Å². The van der Waals surface area contributed by atoms with Gasteiger partial charge in [0, 0.05) is 6.42 Å². The second-order valence-electron chi connectivity index (χ2n) is 5.75. The molecule has 0 aliphatic carbocycles. The molecule has 1 rings (SSSR count). The first-order valence-electron chi connectivity index (χ1n) is 7.61. The molecule has 1 amide bonds. The van der Waals surface area contributed by atoms with Gasteiger partial charge in [-0.15, -0.1) is 0 Å². The van der Waals surface area contributed by atoms with Crippen LogP contribution < -0.4 is 10.1 Å². The molecule has 22 heavy (non-hydrogen) atoms. The summed E-state index contributed by atoms with van der Waals surface area (Å²) in [5, 5.41) is 11.6. The van der Waals surface area contributed by atoms with Gasteiger partial charge < -0.3 is 15.2 Å². The molecule has 1 unspecified atom stereocenters. The van der Waals surface area contributed by atoms with Crippen molar-refractivity contribution < 1.29 is 19.4 Å². The van der Waals surface area contributed by atoms with Crippen molar-refractivity contribution in [3.8, 4) is 5.75 Å². The molecule has 0 saturated carbocycles. The van der Waals surface area contributed by atoms with Crippen LogP contribution in [0.15, 0.2) is 24.3 Å². The standard InChI is InChI=1S/C17H25NO4/c1-12(2)16(17(20)21)18-15(19)9-4-5-10-22-14-8-6-7-13(3)11-14/h6-8,11-12,16H,4-5,9-10H2,1-3H3,(H,18,19)(H,20,21). The number of carbonyl (C=O) groups is 2. The molecule has 1 aromatic carbocycles. The van der Waals surface area contributed by atoms with Gasteiger partial charge in [0.25, 0.3) is 0 Å². The Balaban J connectivity index is 2.21. The lowest BCUT2D eigenvalue weighted by atomic mass is 10.0. The minimum Gasteiger partial charge on any atom is -0.494 e. The van der Waals surface area contributed by atoms with Crippen LogP contribution in [0.1, 0.15) is 38.7 Å². The van der Waals surface area contributed by atoms with Gasteiger partial charge in [-0.2, -0.15) is 0 Å². The summed E-state index contributed by atoms with van der Waals surface area (Å²) in [6.45, 7) is 6.09. The monoisotopic (exact) mass is 307 g/mol. The van der Waals surface area contributed by atoms with Gasteiger partial charge in [-0.3, -0.25) is 4.79 Å². The van der Waals surface area contributed by atoms with Crippen molar-refractivity contribution in [3.63, 3.8) is 0 Å². The number of unbranched alkanes of at least 4 members (excludes halogenated alkanes) is 1. The maximum Gasteiger partial charge on any atom is 0.326 e. The minimum atomic E-state index is -0.994. The number of amides is 1. The molecule has 122 valence electrons. The number of nitrogens with one attached hydrogen (secondary N) is 1. The maximum absolute atomic E-state index is 11.7. The molecule has 1 atom stereocenters. The maximum atomic E-state index is 11.7. The van der Waals surface area contributed by atoms with Crippen LogP contribution in [0, 0.1) is 12.8 Å². The molecule has 0 bridgehead atoms. The molecule has 0 heterocycles. The Morgan fingerprint density at radius 3 is 2.59 bits per heavy atom. The third-order valence-corrected chi connectivity index (χ3v) is 3.31. The number of aryl methyl sites for hydroxylation is 1. The number of ether oxygens (including phenoxy) is 1. The van der Waals surface area contributed by atoms with E-state index in [0.717, 1.165) is 17.7 Å². The highest BCUT2D eigenvalue weighted by molar-refractivity contribution is 5.83. The summed E-state index contributed by atoms with van der Waals surface area (Å²) in [7, 11) is 0. The van der Waals surface area contributed by atoms with Crippen LogP contribution in [0.5, 0.6) is 5.75 Å². The predicted molar refractivity (Wildman–Crippen MR) is 84.9 cm³/mol. The SMILES string of the molecule is Cc1cccc(OCCCCC(=O)NC(C(=O)O)C(C)C)c1. The van der Waals surface area contributed by atoms with E-state index >= 15 is 0 Å². The van der Waals surface area contributed by atoms with Crippen molar-refractivity contribution in [2.24, 2.45) is 5.92 Å². The quantitative estimate of drug-likeness (QED) is 0.688. The minimum absolute atomic E-state index is 0.133. The van der Waals surface area contributed by atoms with E-state index in [2.05, 4.69) is 5.32 Å². The van der Waals surface area contributed by atoms with Gasteiger partial charge in [-0.05, 0) is 43.4 Å². The summed E-state index contributed by atoms with van der Waals surface area (Å²) in [5.74, 6) is -0.524. The first-order valence-corrected chi connectivity index (χ1v) is 7.61. The summed E-state index contributed by atoms with van der Waals surface area (Å²) in [4.78, 5) is 22.7. The van der Waals surface area contributed by atoms with Crippen molar-refractivity contribution in [1.82, 2.24) is 5.32 Å². The molecule has 0 fully saturated rings. The Kier molecular flexibility index (Phi) is 7.43. The fourth-order valence-electron chi connectivity index (χ4n) is 2.04. The average Bonchev–Trinajstić information content (AvgIpc) is 2.43. The smallest absolute Gasteiger partial charge is 0.326 e. The van der Waals surface area contributed by atoms with E-state index in [0.29, 0.717) is 19.4 Å². The molecular formula is C17H25NO4. The lowest BCUT2D eigenvalue weighted by Crippen LogP contribution is -2.44. The molecule has 2 N–H and O–H groups in total. The zero-order valence-electron chi connectivity index (χ0n) is 13.5. The number of hydrogen-bond donors (Lipinski definition) is 2. The van der Waals surface area contributed by atoms with E-state index in [1.54, 1.807) is 13.8 Å². The second kappa shape index (κ2) is 9.07. The number of carboxylic acids is 1. The van der Waals surface area contributed by atoms with Crippen LogP contribution in [-0.2, 0) is 9.59 Å². The Bertz CT molecular complexity index is 499. The van der Waals surface area contributed by atoms with Crippen LogP contribution in [0.3, 0.4) is 0 Å². The van der Waals surface area contributed by atoms with E-state index in [1.165, 1.54) is 0 Å². The molecule has 0 spiro atoms. The number of aliphatic carboxylic acids is 1. The van der Waals surface area contributed by atoms with Crippen LogP contribution in [0.4, 0.5) is 0 Å². The summed E-state index contributed by atoms with van der Waals surface area (Å²) >= 11 is 0. The second-order valence-corrected chi connectivity index (χ2v) is 5.75.